The fourth-order valence-electron chi connectivity index (χ4n) is 2.88. The molecule has 3 rings (SSSR count). The molecule has 20 heavy (non-hydrogen) atoms. The van der Waals surface area contributed by atoms with Crippen LogP contribution < -0.4 is 5.73 Å². The summed E-state index contributed by atoms with van der Waals surface area (Å²) in [5.74, 6) is 0.356. The van der Waals surface area contributed by atoms with Crippen LogP contribution in [0.2, 0.25) is 0 Å². The van der Waals surface area contributed by atoms with Gasteiger partial charge >= 0.3 is 0 Å². The van der Waals surface area contributed by atoms with E-state index >= 15 is 0 Å². The minimum Gasteiger partial charge on any atom is -0.368 e. The van der Waals surface area contributed by atoms with E-state index in [9.17, 15) is 0 Å². The highest BCUT2D eigenvalue weighted by atomic mass is 15.2. The van der Waals surface area contributed by atoms with Crippen molar-refractivity contribution < 1.29 is 0 Å². The van der Waals surface area contributed by atoms with Crippen molar-refractivity contribution in [3.8, 4) is 0 Å². The number of nitrogens with two attached hydrogens (primary N) is 1. The lowest BCUT2D eigenvalue weighted by atomic mass is 9.98. The topological polar surface area (TPSA) is 72.9 Å². The molecule has 1 aliphatic heterocycles. The van der Waals surface area contributed by atoms with Crippen LogP contribution in [0.3, 0.4) is 0 Å². The molecule has 1 fully saturated rings. The van der Waals surface area contributed by atoms with Gasteiger partial charge in [0.15, 0.2) is 0 Å². The average molecular weight is 272 g/mol. The molecule has 3 heterocycles. The van der Waals surface area contributed by atoms with Crippen LogP contribution in [0.15, 0.2) is 24.7 Å². The van der Waals surface area contributed by atoms with Crippen LogP contribution >= 0.6 is 0 Å². The molecule has 0 aliphatic carbocycles. The molecule has 0 unspecified atom stereocenters. The van der Waals surface area contributed by atoms with E-state index in [0.717, 1.165) is 25.2 Å². The van der Waals surface area contributed by atoms with Gasteiger partial charge in [0.05, 0.1) is 17.9 Å². The number of aryl methyl sites for hydroxylation is 1. The molecule has 0 spiro atoms. The number of anilines is 1. The van der Waals surface area contributed by atoms with Gasteiger partial charge < -0.3 is 5.73 Å². The number of likely N-dealkylation sites (tertiary alicyclic amines) is 1. The van der Waals surface area contributed by atoms with Gasteiger partial charge in [-0.1, -0.05) is 6.42 Å². The maximum atomic E-state index is 5.71. The molecule has 6 heteroatoms. The van der Waals surface area contributed by atoms with Crippen LogP contribution in [0.1, 0.15) is 36.6 Å². The molecule has 1 atom stereocenters. The zero-order chi connectivity index (χ0) is 13.9. The number of aromatic nitrogens is 4. The van der Waals surface area contributed by atoms with E-state index in [1.54, 1.807) is 6.20 Å². The van der Waals surface area contributed by atoms with Crippen molar-refractivity contribution in [2.45, 2.75) is 31.8 Å². The highest BCUT2D eigenvalue weighted by Gasteiger charge is 2.25. The molecule has 2 aromatic heterocycles. The molecule has 0 aromatic carbocycles. The van der Waals surface area contributed by atoms with Gasteiger partial charge in [0, 0.05) is 31.5 Å². The molecule has 106 valence electrons. The van der Waals surface area contributed by atoms with Gasteiger partial charge in [0.2, 0.25) is 5.95 Å². The van der Waals surface area contributed by atoms with Gasteiger partial charge in [0.1, 0.15) is 0 Å². The molecule has 1 saturated heterocycles. The number of piperidine rings is 1. The Balaban J connectivity index is 1.80. The van der Waals surface area contributed by atoms with Crippen molar-refractivity contribution in [1.29, 1.82) is 0 Å². The zero-order valence-electron chi connectivity index (χ0n) is 11.7. The van der Waals surface area contributed by atoms with E-state index in [4.69, 9.17) is 5.73 Å². The molecule has 2 N–H and O–H groups in total. The van der Waals surface area contributed by atoms with Crippen molar-refractivity contribution in [3.05, 3.63) is 35.9 Å². The second-order valence-electron chi connectivity index (χ2n) is 5.34. The summed E-state index contributed by atoms with van der Waals surface area (Å²) in [4.78, 5) is 10.8. The Kier molecular flexibility index (Phi) is 3.64. The minimum atomic E-state index is 0.328. The van der Waals surface area contributed by atoms with E-state index in [1.165, 1.54) is 18.4 Å². The summed E-state index contributed by atoms with van der Waals surface area (Å²) in [6, 6.07) is 2.30. The van der Waals surface area contributed by atoms with Gasteiger partial charge in [-0.2, -0.15) is 5.10 Å². The van der Waals surface area contributed by atoms with E-state index < -0.39 is 0 Å². The molecule has 2 aromatic rings. The molecular formula is C14H20N6. The van der Waals surface area contributed by atoms with E-state index in [0.29, 0.717) is 12.0 Å². The van der Waals surface area contributed by atoms with Crippen molar-refractivity contribution in [2.24, 2.45) is 7.05 Å². The quantitative estimate of drug-likeness (QED) is 0.917. The first-order valence-electron chi connectivity index (χ1n) is 7.02. The van der Waals surface area contributed by atoms with Gasteiger partial charge in [-0.25, -0.2) is 9.97 Å². The van der Waals surface area contributed by atoms with Crippen LogP contribution in [-0.2, 0) is 13.6 Å². The minimum absolute atomic E-state index is 0.328. The van der Waals surface area contributed by atoms with Crippen LogP contribution in [0.4, 0.5) is 5.95 Å². The maximum Gasteiger partial charge on any atom is 0.220 e. The van der Waals surface area contributed by atoms with Gasteiger partial charge in [-0.15, -0.1) is 0 Å². The third-order valence-electron chi connectivity index (χ3n) is 3.79. The predicted molar refractivity (Wildman–Crippen MR) is 76.7 cm³/mol. The Morgan fingerprint density at radius 3 is 3.05 bits per heavy atom. The average Bonchev–Trinajstić information content (AvgIpc) is 2.85. The Bertz CT molecular complexity index is 579. The molecule has 0 saturated carbocycles. The highest BCUT2D eigenvalue weighted by molar-refractivity contribution is 5.20. The van der Waals surface area contributed by atoms with Crippen molar-refractivity contribution >= 4 is 5.95 Å². The number of nitrogens with zero attached hydrogens (tertiary/aromatic N) is 5. The van der Waals surface area contributed by atoms with Crippen molar-refractivity contribution in [3.63, 3.8) is 0 Å². The monoisotopic (exact) mass is 272 g/mol. The summed E-state index contributed by atoms with van der Waals surface area (Å²) in [5, 5.41) is 4.24. The van der Waals surface area contributed by atoms with Crippen molar-refractivity contribution in [2.75, 3.05) is 12.3 Å². The largest absolute Gasteiger partial charge is 0.368 e. The second-order valence-corrected chi connectivity index (χ2v) is 5.34. The normalized spacial score (nSPS) is 20.1. The maximum absolute atomic E-state index is 5.71. The highest BCUT2D eigenvalue weighted by Crippen LogP contribution is 2.31. The van der Waals surface area contributed by atoms with E-state index in [1.807, 2.05) is 24.0 Å². The molecule has 0 amide bonds. The zero-order valence-corrected chi connectivity index (χ0v) is 11.7. The van der Waals surface area contributed by atoms with E-state index in [2.05, 4.69) is 26.2 Å². The smallest absolute Gasteiger partial charge is 0.220 e. The third kappa shape index (κ3) is 2.80. The van der Waals surface area contributed by atoms with Crippen LogP contribution in [0, 0.1) is 0 Å². The van der Waals surface area contributed by atoms with Gasteiger partial charge in [-0.05, 0) is 25.5 Å². The first-order valence-corrected chi connectivity index (χ1v) is 7.02. The molecule has 1 aliphatic rings. The summed E-state index contributed by atoms with van der Waals surface area (Å²) in [6.07, 6.45) is 9.33. The molecule has 0 radical (unpaired) electrons. The third-order valence-corrected chi connectivity index (χ3v) is 3.79. The predicted octanol–water partition coefficient (Wildman–Crippen LogP) is 1.52. The van der Waals surface area contributed by atoms with Crippen molar-refractivity contribution in [1.82, 2.24) is 24.6 Å². The van der Waals surface area contributed by atoms with Crippen LogP contribution in [0.25, 0.3) is 0 Å². The first kappa shape index (κ1) is 13.1. The Morgan fingerprint density at radius 2 is 2.30 bits per heavy atom. The standard InChI is InChI=1S/C14H20N6/c1-19-9-11(8-17-19)10-20-7-3-2-4-13(20)12-5-6-16-14(15)18-12/h5-6,8-9,13H,2-4,7,10H2,1H3,(H2,15,16,18)/t13-/m0/s1. The fourth-order valence-corrected chi connectivity index (χ4v) is 2.88. The Morgan fingerprint density at radius 1 is 1.40 bits per heavy atom. The number of nitrogen functional groups attached to an aromatic ring is 1. The molecule has 0 bridgehead atoms. The lowest BCUT2D eigenvalue weighted by molar-refractivity contribution is 0.137. The van der Waals surface area contributed by atoms with Crippen LogP contribution in [-0.4, -0.2) is 31.2 Å². The van der Waals surface area contributed by atoms with Gasteiger partial charge in [-0.3, -0.25) is 9.58 Å². The van der Waals surface area contributed by atoms with Crippen LogP contribution in [0.5, 0.6) is 0 Å². The summed E-state index contributed by atoms with van der Waals surface area (Å²) < 4.78 is 1.84. The first-order chi connectivity index (χ1) is 9.72. The molecule has 6 nitrogen and oxygen atoms in total. The second kappa shape index (κ2) is 5.58. The summed E-state index contributed by atoms with van der Waals surface area (Å²) in [5.41, 5.74) is 7.98. The Hall–Kier alpha value is -1.95. The lowest BCUT2D eigenvalue weighted by Crippen LogP contribution is -2.33. The summed E-state index contributed by atoms with van der Waals surface area (Å²) >= 11 is 0. The number of rotatable bonds is 3. The summed E-state index contributed by atoms with van der Waals surface area (Å²) in [6.45, 7) is 1.99. The molecular weight excluding hydrogens is 252 g/mol. The van der Waals surface area contributed by atoms with Gasteiger partial charge in [0.25, 0.3) is 0 Å². The Labute approximate surface area is 118 Å². The number of hydrogen-bond acceptors (Lipinski definition) is 5. The lowest BCUT2D eigenvalue weighted by Gasteiger charge is -2.35. The fraction of sp³-hybridized carbons (Fsp3) is 0.500. The summed E-state index contributed by atoms with van der Waals surface area (Å²) in [7, 11) is 1.95. The number of hydrogen-bond donors (Lipinski definition) is 1. The van der Waals surface area contributed by atoms with E-state index in [-0.39, 0.29) is 0 Å². The SMILES string of the molecule is Cn1cc(CN2CCCC[C@H]2c2ccnc(N)n2)cn1.